The van der Waals surface area contributed by atoms with Gasteiger partial charge in [0.15, 0.2) is 0 Å². The van der Waals surface area contributed by atoms with Gasteiger partial charge in [-0.3, -0.25) is 14.5 Å². The normalized spacial score (nSPS) is 17.8. The van der Waals surface area contributed by atoms with Crippen LogP contribution in [0.4, 0.5) is 8.78 Å². The Hall–Kier alpha value is -3.89. The largest absolute Gasteiger partial charge is 0.379 e. The number of benzene rings is 2. The van der Waals surface area contributed by atoms with Gasteiger partial charge in [0.2, 0.25) is 0 Å². The molecule has 1 aromatic heterocycles. The molecule has 39 heavy (non-hydrogen) atoms. The Morgan fingerprint density at radius 3 is 2.46 bits per heavy atom. The molecule has 2 aliphatic rings. The van der Waals surface area contributed by atoms with E-state index in [1.807, 2.05) is 29.9 Å². The Morgan fingerprint density at radius 2 is 1.77 bits per heavy atom. The summed E-state index contributed by atoms with van der Waals surface area (Å²) in [5.74, 6) is -1.97. The predicted octanol–water partition coefficient (Wildman–Crippen LogP) is 3.46. The highest BCUT2D eigenvalue weighted by atomic mass is 19.1. The fourth-order valence-electron chi connectivity index (χ4n) is 4.98. The van der Waals surface area contributed by atoms with E-state index in [2.05, 4.69) is 10.0 Å². The number of ether oxygens (including phenoxy) is 1. The van der Waals surface area contributed by atoms with Crippen LogP contribution < -0.4 is 0 Å². The zero-order valence-electron chi connectivity index (χ0n) is 21.8. The molecule has 0 aliphatic carbocycles. The summed E-state index contributed by atoms with van der Waals surface area (Å²) in [6, 6.07) is 15.1. The monoisotopic (exact) mass is 535 g/mol. The average molecular weight is 536 g/mol. The molecule has 0 radical (unpaired) electrons. The maximum Gasteiger partial charge on any atom is 0.262 e. The third-order valence-electron chi connectivity index (χ3n) is 7.17. The Balaban J connectivity index is 1.41. The van der Waals surface area contributed by atoms with Crippen molar-refractivity contribution < 1.29 is 23.1 Å². The van der Waals surface area contributed by atoms with E-state index in [0.717, 1.165) is 24.3 Å². The molecule has 1 saturated heterocycles. The van der Waals surface area contributed by atoms with E-state index < -0.39 is 23.7 Å². The number of carbonyl (C=O) groups is 2. The summed E-state index contributed by atoms with van der Waals surface area (Å²) in [4.78, 5) is 30.8. The van der Waals surface area contributed by atoms with E-state index in [1.54, 1.807) is 18.2 Å². The van der Waals surface area contributed by atoms with Crippen LogP contribution in [0.25, 0.3) is 0 Å². The van der Waals surface area contributed by atoms with E-state index in [-0.39, 0.29) is 24.5 Å². The van der Waals surface area contributed by atoms with Crippen LogP contribution in [0, 0.1) is 11.6 Å². The number of rotatable bonds is 8. The van der Waals surface area contributed by atoms with Gasteiger partial charge in [-0.25, -0.2) is 13.8 Å². The van der Waals surface area contributed by atoms with Gasteiger partial charge in [-0.05, 0) is 42.0 Å². The average Bonchev–Trinajstić information content (AvgIpc) is 3.58. The van der Waals surface area contributed by atoms with Gasteiger partial charge in [0.05, 0.1) is 36.2 Å². The maximum absolute atomic E-state index is 14.6. The van der Waals surface area contributed by atoms with E-state index in [1.165, 1.54) is 40.2 Å². The molecule has 0 spiro atoms. The first-order valence-corrected chi connectivity index (χ1v) is 13.0. The smallest absolute Gasteiger partial charge is 0.262 e. The number of amides is 2. The second kappa shape index (κ2) is 11.9. The van der Waals surface area contributed by atoms with Crippen LogP contribution in [0.5, 0.6) is 0 Å². The number of aryl methyl sites for hydroxylation is 1. The summed E-state index contributed by atoms with van der Waals surface area (Å²) in [6.07, 6.45) is 2.33. The molecular formula is C29H31F2N5O3. The van der Waals surface area contributed by atoms with Crippen LogP contribution in [-0.4, -0.2) is 82.8 Å². The van der Waals surface area contributed by atoms with Gasteiger partial charge in [-0.1, -0.05) is 24.3 Å². The molecular weight excluding hydrogens is 504 g/mol. The minimum atomic E-state index is -0.638. The third kappa shape index (κ3) is 6.07. The van der Waals surface area contributed by atoms with Crippen molar-refractivity contribution in [3.05, 3.63) is 95.3 Å². The summed E-state index contributed by atoms with van der Waals surface area (Å²) >= 11 is 0. The number of hydrazone groups is 1. The molecule has 0 saturated carbocycles. The predicted molar refractivity (Wildman–Crippen MR) is 142 cm³/mol. The van der Waals surface area contributed by atoms with Crippen molar-refractivity contribution in [3.63, 3.8) is 0 Å². The van der Waals surface area contributed by atoms with Crippen molar-refractivity contribution in [1.29, 1.82) is 0 Å². The topological polar surface area (TPSA) is 70.4 Å². The van der Waals surface area contributed by atoms with Crippen molar-refractivity contribution in [2.75, 3.05) is 45.9 Å². The van der Waals surface area contributed by atoms with Crippen LogP contribution in [0.1, 0.15) is 34.1 Å². The van der Waals surface area contributed by atoms with Crippen LogP contribution in [0.3, 0.4) is 0 Å². The molecule has 3 aromatic rings. The number of aromatic nitrogens is 1. The molecule has 0 N–H and O–H groups in total. The quantitative estimate of drug-likeness (QED) is 0.443. The fourth-order valence-corrected chi connectivity index (χ4v) is 4.98. The Bertz CT molecular complexity index is 1350. The molecule has 2 amide bonds. The minimum absolute atomic E-state index is 0.0863. The van der Waals surface area contributed by atoms with Crippen molar-refractivity contribution in [2.24, 2.45) is 12.1 Å². The number of morpholine rings is 1. The Labute approximate surface area is 226 Å². The van der Waals surface area contributed by atoms with Gasteiger partial charge in [0.1, 0.15) is 18.2 Å². The zero-order valence-corrected chi connectivity index (χ0v) is 21.8. The Kier molecular flexibility index (Phi) is 8.13. The Morgan fingerprint density at radius 1 is 1.03 bits per heavy atom. The molecule has 2 aromatic carbocycles. The maximum atomic E-state index is 14.6. The second-order valence-corrected chi connectivity index (χ2v) is 9.72. The highest BCUT2D eigenvalue weighted by Crippen LogP contribution is 2.33. The van der Waals surface area contributed by atoms with Crippen LogP contribution in [0.2, 0.25) is 0 Å². The molecule has 2 aliphatic heterocycles. The van der Waals surface area contributed by atoms with Crippen LogP contribution in [-0.2, 0) is 16.6 Å². The number of halogens is 2. The zero-order chi connectivity index (χ0) is 27.4. The molecule has 3 heterocycles. The molecule has 1 atom stereocenters. The van der Waals surface area contributed by atoms with E-state index in [0.29, 0.717) is 31.9 Å². The highest BCUT2D eigenvalue weighted by molar-refractivity contribution is 6.02. The first-order valence-electron chi connectivity index (χ1n) is 13.0. The van der Waals surface area contributed by atoms with Crippen molar-refractivity contribution in [3.8, 4) is 0 Å². The standard InChI is InChI=1S/C29H31F2N5O3/c1-33-12-4-7-26(33)25-19-27(21-8-10-22(30)11-9-21)36(32-25)28(37)20-35(14-13-34-15-17-39-18-16-34)29(38)23-5-2-3-6-24(23)31/h2-12,27H,13-20H2,1H3. The molecule has 204 valence electrons. The van der Waals surface area contributed by atoms with Gasteiger partial charge < -0.3 is 14.2 Å². The second-order valence-electron chi connectivity index (χ2n) is 9.72. The third-order valence-corrected chi connectivity index (χ3v) is 7.17. The van der Waals surface area contributed by atoms with Crippen LogP contribution in [0.15, 0.2) is 72.0 Å². The van der Waals surface area contributed by atoms with E-state index in [9.17, 15) is 18.4 Å². The summed E-state index contributed by atoms with van der Waals surface area (Å²) in [5.41, 5.74) is 2.23. The molecule has 10 heteroatoms. The number of hydrogen-bond donors (Lipinski definition) is 0. The van der Waals surface area contributed by atoms with Gasteiger partial charge in [-0.2, -0.15) is 5.10 Å². The molecule has 1 fully saturated rings. The summed E-state index contributed by atoms with van der Waals surface area (Å²) < 4.78 is 35.6. The first-order chi connectivity index (χ1) is 18.9. The fraction of sp³-hybridized carbons (Fsp3) is 0.345. The summed E-state index contributed by atoms with van der Waals surface area (Å²) in [5, 5.41) is 6.05. The van der Waals surface area contributed by atoms with Crippen molar-refractivity contribution in [2.45, 2.75) is 12.5 Å². The molecule has 0 bridgehead atoms. The van der Waals surface area contributed by atoms with Gasteiger partial charge in [0, 0.05) is 45.8 Å². The lowest BCUT2D eigenvalue weighted by Crippen LogP contribution is -2.46. The first kappa shape index (κ1) is 26.7. The minimum Gasteiger partial charge on any atom is -0.379 e. The molecule has 8 nitrogen and oxygen atoms in total. The lowest BCUT2D eigenvalue weighted by Gasteiger charge is -2.31. The van der Waals surface area contributed by atoms with E-state index in [4.69, 9.17) is 4.74 Å². The van der Waals surface area contributed by atoms with Crippen LogP contribution >= 0.6 is 0 Å². The molecule has 5 rings (SSSR count). The van der Waals surface area contributed by atoms with E-state index >= 15 is 0 Å². The van der Waals surface area contributed by atoms with Crippen molar-refractivity contribution in [1.82, 2.24) is 19.4 Å². The molecule has 1 unspecified atom stereocenters. The highest BCUT2D eigenvalue weighted by Gasteiger charge is 2.35. The summed E-state index contributed by atoms with van der Waals surface area (Å²) in [7, 11) is 1.90. The number of nitrogens with zero attached hydrogens (tertiary/aromatic N) is 5. The van der Waals surface area contributed by atoms with Gasteiger partial charge in [-0.15, -0.1) is 0 Å². The lowest BCUT2D eigenvalue weighted by atomic mass is 10.0. The van der Waals surface area contributed by atoms with Gasteiger partial charge >= 0.3 is 0 Å². The SMILES string of the molecule is Cn1cccc1C1=NN(C(=O)CN(CCN2CCOCC2)C(=O)c2ccccc2F)C(c2ccc(F)cc2)C1. The lowest BCUT2D eigenvalue weighted by molar-refractivity contribution is -0.133. The number of hydrogen-bond acceptors (Lipinski definition) is 5. The van der Waals surface area contributed by atoms with Crippen molar-refractivity contribution >= 4 is 17.5 Å². The summed E-state index contributed by atoms with van der Waals surface area (Å²) in [6.45, 7) is 3.13. The van der Waals surface area contributed by atoms with Gasteiger partial charge in [0.25, 0.3) is 11.8 Å². The number of carbonyl (C=O) groups excluding carboxylic acids is 2.